The maximum Gasteiger partial charge on any atom is 0.251 e. The van der Waals surface area contributed by atoms with E-state index >= 15 is 0 Å². The SMILES string of the molecule is C=CCN(Cc1ccc(C(=O)NCC2CCCO2)cc1)S(=O)(=O)c1ccc(OC)cc1. The summed E-state index contributed by atoms with van der Waals surface area (Å²) in [7, 11) is -2.19. The lowest BCUT2D eigenvalue weighted by atomic mass is 10.1. The summed E-state index contributed by atoms with van der Waals surface area (Å²) in [6.07, 6.45) is 3.61. The summed E-state index contributed by atoms with van der Waals surface area (Å²) in [5, 5.41) is 2.88. The quantitative estimate of drug-likeness (QED) is 0.570. The van der Waals surface area contributed by atoms with Gasteiger partial charge < -0.3 is 14.8 Å². The predicted molar refractivity (Wildman–Crippen MR) is 119 cm³/mol. The van der Waals surface area contributed by atoms with Crippen LogP contribution < -0.4 is 10.1 Å². The average molecular weight is 445 g/mol. The van der Waals surface area contributed by atoms with Gasteiger partial charge in [-0.25, -0.2) is 8.42 Å². The molecule has 0 radical (unpaired) electrons. The molecule has 7 nitrogen and oxygen atoms in total. The van der Waals surface area contributed by atoms with E-state index in [1.807, 2.05) is 0 Å². The lowest BCUT2D eigenvalue weighted by molar-refractivity contribution is 0.0857. The molecule has 3 rings (SSSR count). The summed E-state index contributed by atoms with van der Waals surface area (Å²) in [6, 6.07) is 13.2. The fourth-order valence-corrected chi connectivity index (χ4v) is 4.77. The minimum atomic E-state index is -3.72. The minimum absolute atomic E-state index is 0.0823. The number of methoxy groups -OCH3 is 1. The van der Waals surface area contributed by atoms with Gasteiger partial charge in [0.1, 0.15) is 5.75 Å². The van der Waals surface area contributed by atoms with E-state index in [4.69, 9.17) is 9.47 Å². The molecule has 2 aromatic rings. The minimum Gasteiger partial charge on any atom is -0.497 e. The van der Waals surface area contributed by atoms with E-state index in [1.165, 1.54) is 23.5 Å². The molecule has 1 aliphatic rings. The van der Waals surface area contributed by atoms with Gasteiger partial charge in [0.15, 0.2) is 0 Å². The van der Waals surface area contributed by atoms with Crippen LogP contribution in [0.15, 0.2) is 66.1 Å². The fourth-order valence-electron chi connectivity index (χ4n) is 3.37. The van der Waals surface area contributed by atoms with Crippen molar-refractivity contribution in [1.82, 2.24) is 9.62 Å². The van der Waals surface area contributed by atoms with Crippen LogP contribution in [0.2, 0.25) is 0 Å². The van der Waals surface area contributed by atoms with Gasteiger partial charge in [0.05, 0.1) is 18.1 Å². The summed E-state index contributed by atoms with van der Waals surface area (Å²) in [4.78, 5) is 12.5. The van der Waals surface area contributed by atoms with Crippen molar-refractivity contribution < 1.29 is 22.7 Å². The molecule has 1 atom stereocenters. The zero-order valence-electron chi connectivity index (χ0n) is 17.6. The number of nitrogens with zero attached hydrogens (tertiary/aromatic N) is 1. The number of carbonyl (C=O) groups is 1. The Hall–Kier alpha value is -2.68. The lowest BCUT2D eigenvalue weighted by Crippen LogP contribution is -2.32. The van der Waals surface area contributed by atoms with E-state index in [-0.39, 0.29) is 30.0 Å². The smallest absolute Gasteiger partial charge is 0.251 e. The van der Waals surface area contributed by atoms with Crippen molar-refractivity contribution in [3.8, 4) is 5.75 Å². The van der Waals surface area contributed by atoms with Gasteiger partial charge in [-0.3, -0.25) is 4.79 Å². The van der Waals surface area contributed by atoms with Crippen molar-refractivity contribution in [3.63, 3.8) is 0 Å². The molecule has 166 valence electrons. The fraction of sp³-hybridized carbons (Fsp3) is 0.348. The van der Waals surface area contributed by atoms with E-state index in [0.29, 0.717) is 17.9 Å². The Bertz CT molecular complexity index is 982. The lowest BCUT2D eigenvalue weighted by Gasteiger charge is -2.21. The van der Waals surface area contributed by atoms with Crippen molar-refractivity contribution in [1.29, 1.82) is 0 Å². The molecule has 0 aliphatic carbocycles. The zero-order valence-corrected chi connectivity index (χ0v) is 18.4. The van der Waals surface area contributed by atoms with Gasteiger partial charge in [-0.1, -0.05) is 18.2 Å². The van der Waals surface area contributed by atoms with Gasteiger partial charge >= 0.3 is 0 Å². The molecule has 1 heterocycles. The van der Waals surface area contributed by atoms with E-state index in [1.54, 1.807) is 42.5 Å². The molecule has 1 N–H and O–H groups in total. The first-order valence-electron chi connectivity index (χ1n) is 10.2. The number of benzene rings is 2. The third kappa shape index (κ3) is 5.94. The third-order valence-corrected chi connectivity index (χ3v) is 6.95. The van der Waals surface area contributed by atoms with Crippen LogP contribution in [0.1, 0.15) is 28.8 Å². The van der Waals surface area contributed by atoms with Gasteiger partial charge in [-0.2, -0.15) is 4.31 Å². The second kappa shape index (κ2) is 10.6. The van der Waals surface area contributed by atoms with Crippen LogP contribution in [-0.2, 0) is 21.3 Å². The number of rotatable bonds is 10. The number of carbonyl (C=O) groups excluding carboxylic acids is 1. The van der Waals surface area contributed by atoms with Crippen LogP contribution in [0, 0.1) is 0 Å². The Morgan fingerprint density at radius 2 is 1.94 bits per heavy atom. The van der Waals surface area contributed by atoms with Crippen molar-refractivity contribution in [2.45, 2.75) is 30.4 Å². The molecule has 2 aromatic carbocycles. The first kappa shape index (κ1) is 23.0. The van der Waals surface area contributed by atoms with Crippen LogP contribution >= 0.6 is 0 Å². The molecule has 1 unspecified atom stereocenters. The van der Waals surface area contributed by atoms with Crippen molar-refractivity contribution in [2.24, 2.45) is 0 Å². The highest BCUT2D eigenvalue weighted by atomic mass is 32.2. The zero-order chi connectivity index (χ0) is 22.3. The maximum atomic E-state index is 13.1. The van der Waals surface area contributed by atoms with Gasteiger partial charge in [0, 0.05) is 31.8 Å². The van der Waals surface area contributed by atoms with Crippen molar-refractivity contribution in [3.05, 3.63) is 72.3 Å². The molecule has 0 bridgehead atoms. The Labute approximate surface area is 183 Å². The topological polar surface area (TPSA) is 84.9 Å². The van der Waals surface area contributed by atoms with E-state index in [0.717, 1.165) is 25.0 Å². The van der Waals surface area contributed by atoms with Crippen molar-refractivity contribution in [2.75, 3.05) is 26.8 Å². The number of nitrogens with one attached hydrogen (secondary N) is 1. The van der Waals surface area contributed by atoms with Crippen LogP contribution in [0.5, 0.6) is 5.75 Å². The number of hydrogen-bond donors (Lipinski definition) is 1. The number of sulfonamides is 1. The Balaban J connectivity index is 1.67. The monoisotopic (exact) mass is 444 g/mol. The van der Waals surface area contributed by atoms with Crippen molar-refractivity contribution >= 4 is 15.9 Å². The number of hydrogen-bond acceptors (Lipinski definition) is 5. The summed E-state index contributed by atoms with van der Waals surface area (Å²) in [6.45, 7) is 5.25. The van der Waals surface area contributed by atoms with Crippen LogP contribution in [0.25, 0.3) is 0 Å². The van der Waals surface area contributed by atoms with Crippen LogP contribution in [0.4, 0.5) is 0 Å². The summed E-state index contributed by atoms with van der Waals surface area (Å²) >= 11 is 0. The normalized spacial score (nSPS) is 16.3. The van der Waals surface area contributed by atoms with Gasteiger partial charge in [0.25, 0.3) is 5.91 Å². The van der Waals surface area contributed by atoms with E-state index in [9.17, 15) is 13.2 Å². The first-order chi connectivity index (χ1) is 14.9. The molecule has 8 heteroatoms. The molecule has 31 heavy (non-hydrogen) atoms. The summed E-state index contributed by atoms with van der Waals surface area (Å²) in [5.41, 5.74) is 1.30. The van der Waals surface area contributed by atoms with Crippen LogP contribution in [-0.4, -0.2) is 51.5 Å². The highest BCUT2D eigenvalue weighted by Crippen LogP contribution is 2.21. The molecule has 0 aromatic heterocycles. The molecular weight excluding hydrogens is 416 g/mol. The molecular formula is C23H28N2O5S. The molecule has 0 saturated carbocycles. The van der Waals surface area contributed by atoms with Gasteiger partial charge in [-0.05, 0) is 54.8 Å². The Kier molecular flexibility index (Phi) is 7.84. The highest BCUT2D eigenvalue weighted by Gasteiger charge is 2.24. The second-order valence-electron chi connectivity index (χ2n) is 7.30. The van der Waals surface area contributed by atoms with Gasteiger partial charge in [0.2, 0.25) is 10.0 Å². The largest absolute Gasteiger partial charge is 0.497 e. The standard InChI is InChI=1S/C23H28N2O5S/c1-3-14-25(31(27,28)22-12-10-20(29-2)11-13-22)17-18-6-8-19(9-7-18)23(26)24-16-21-5-4-15-30-21/h3,6-13,21H,1,4-5,14-17H2,2H3,(H,24,26). The van der Waals surface area contributed by atoms with E-state index < -0.39 is 10.0 Å². The predicted octanol–water partition coefficient (Wildman–Crippen LogP) is 2.98. The number of amides is 1. The average Bonchev–Trinajstić information content (AvgIpc) is 3.31. The van der Waals surface area contributed by atoms with Gasteiger partial charge in [-0.15, -0.1) is 6.58 Å². The van der Waals surface area contributed by atoms with E-state index in [2.05, 4.69) is 11.9 Å². The Morgan fingerprint density at radius 3 is 2.52 bits per heavy atom. The second-order valence-corrected chi connectivity index (χ2v) is 9.24. The summed E-state index contributed by atoms with van der Waals surface area (Å²) < 4.78 is 38.1. The molecule has 1 saturated heterocycles. The molecule has 1 fully saturated rings. The number of ether oxygens (including phenoxy) is 2. The molecule has 0 spiro atoms. The third-order valence-electron chi connectivity index (χ3n) is 5.12. The molecule has 1 amide bonds. The summed E-state index contributed by atoms with van der Waals surface area (Å²) in [5.74, 6) is 0.415. The van der Waals surface area contributed by atoms with Crippen LogP contribution in [0.3, 0.4) is 0 Å². The maximum absolute atomic E-state index is 13.1. The first-order valence-corrected chi connectivity index (χ1v) is 11.6. The highest BCUT2D eigenvalue weighted by molar-refractivity contribution is 7.89. The molecule has 1 aliphatic heterocycles. The Morgan fingerprint density at radius 1 is 1.23 bits per heavy atom.